The summed E-state index contributed by atoms with van der Waals surface area (Å²) < 4.78 is 0. The number of hydrogen-bond donors (Lipinski definition) is 1. The number of nitrogens with two attached hydrogens (primary N) is 1. The molecule has 1 heterocycles. The van der Waals surface area contributed by atoms with E-state index in [1.54, 1.807) is 34.9 Å². The molecule has 1 aliphatic carbocycles. The summed E-state index contributed by atoms with van der Waals surface area (Å²) in [6.07, 6.45) is 0.795. The second-order valence-corrected chi connectivity index (χ2v) is 13.0. The Balaban J connectivity index is 1.69. The summed E-state index contributed by atoms with van der Waals surface area (Å²) in [4.78, 5) is 28.3. The molecule has 3 aromatic rings. The smallest absolute Gasteiger partial charge is 0.293 e. The van der Waals surface area contributed by atoms with Crippen LogP contribution in [0.25, 0.3) is 0 Å². The van der Waals surface area contributed by atoms with Crippen LogP contribution >= 0.6 is 11.8 Å². The first-order chi connectivity index (χ1) is 19.9. The second kappa shape index (κ2) is 11.1. The predicted octanol–water partition coefficient (Wildman–Crippen LogP) is 7.75. The zero-order chi connectivity index (χ0) is 30.3. The number of nitro benzene ring substituents is 1. The number of rotatable bonds is 6. The lowest BCUT2D eigenvalue weighted by Gasteiger charge is -2.43. The Labute approximate surface area is 250 Å². The summed E-state index contributed by atoms with van der Waals surface area (Å²) >= 11 is 1.74. The Hall–Kier alpha value is -4.35. The van der Waals surface area contributed by atoms with Crippen molar-refractivity contribution < 1.29 is 9.72 Å². The van der Waals surface area contributed by atoms with Crippen LogP contribution in [0.2, 0.25) is 0 Å². The molecule has 0 saturated carbocycles. The molecule has 0 saturated heterocycles. The first-order valence-electron chi connectivity index (χ1n) is 13.9. The maximum absolute atomic E-state index is 14.0. The number of Topliss-reactive ketones (excluding diaryl/α,β-unsaturated/α-hetero) is 1. The third-order valence-corrected chi connectivity index (χ3v) is 9.21. The molecule has 0 bridgehead atoms. The van der Waals surface area contributed by atoms with E-state index in [4.69, 9.17) is 5.73 Å². The number of nitrogens with zero attached hydrogens (tertiary/aromatic N) is 3. The zero-order valence-corrected chi connectivity index (χ0v) is 25.3. The number of thioether (sulfide) groups is 1. The van der Waals surface area contributed by atoms with Crippen LogP contribution in [0.5, 0.6) is 0 Å². The number of allylic oxidation sites excluding steroid dienone is 3. The fraction of sp³-hybridized carbons (Fsp3) is 0.294. The Bertz CT molecular complexity index is 1710. The van der Waals surface area contributed by atoms with Crippen LogP contribution < -0.4 is 10.6 Å². The Morgan fingerprint density at radius 3 is 2.43 bits per heavy atom. The van der Waals surface area contributed by atoms with Gasteiger partial charge in [-0.05, 0) is 73.1 Å². The average Bonchev–Trinajstić information content (AvgIpc) is 2.92. The molecular weight excluding hydrogens is 544 g/mol. The average molecular weight is 579 g/mol. The van der Waals surface area contributed by atoms with E-state index in [2.05, 4.69) is 56.3 Å². The van der Waals surface area contributed by atoms with Gasteiger partial charge in [0.1, 0.15) is 11.5 Å². The number of anilines is 1. The maximum atomic E-state index is 14.0. The zero-order valence-electron chi connectivity index (χ0n) is 24.5. The molecule has 1 unspecified atom stereocenters. The number of nitriles is 1. The molecule has 214 valence electrons. The van der Waals surface area contributed by atoms with Crippen LogP contribution in [-0.4, -0.2) is 10.7 Å². The highest BCUT2D eigenvalue weighted by atomic mass is 32.2. The highest BCUT2D eigenvalue weighted by Gasteiger charge is 2.46. The number of carbonyl (C=O) groups is 1. The van der Waals surface area contributed by atoms with Gasteiger partial charge in [-0.2, -0.15) is 5.26 Å². The molecule has 42 heavy (non-hydrogen) atoms. The molecule has 0 aromatic heterocycles. The van der Waals surface area contributed by atoms with Gasteiger partial charge >= 0.3 is 0 Å². The number of carbonyl (C=O) groups excluding carboxylic acids is 1. The summed E-state index contributed by atoms with van der Waals surface area (Å²) in [6.45, 7) is 10.2. The van der Waals surface area contributed by atoms with Gasteiger partial charge < -0.3 is 5.73 Å². The molecule has 1 atom stereocenters. The quantitative estimate of drug-likeness (QED) is 0.181. The predicted molar refractivity (Wildman–Crippen MR) is 167 cm³/mol. The number of ketones is 1. The van der Waals surface area contributed by atoms with Crippen LogP contribution in [-0.2, 0) is 10.5 Å². The molecular formula is C34H34N4O3S. The van der Waals surface area contributed by atoms with E-state index in [9.17, 15) is 20.2 Å². The van der Waals surface area contributed by atoms with Crippen molar-refractivity contribution >= 4 is 28.9 Å². The summed E-state index contributed by atoms with van der Waals surface area (Å²) in [6, 6.07) is 21.3. The van der Waals surface area contributed by atoms with E-state index in [-0.39, 0.29) is 34.0 Å². The monoisotopic (exact) mass is 578 g/mol. The van der Waals surface area contributed by atoms with Crippen molar-refractivity contribution in [3.63, 3.8) is 0 Å². The van der Waals surface area contributed by atoms with Gasteiger partial charge in [0.25, 0.3) is 5.69 Å². The van der Waals surface area contributed by atoms with Gasteiger partial charge in [0.15, 0.2) is 5.78 Å². The van der Waals surface area contributed by atoms with E-state index in [1.807, 2.05) is 20.8 Å². The molecule has 1 aliphatic heterocycles. The highest BCUT2D eigenvalue weighted by Crippen LogP contribution is 2.52. The van der Waals surface area contributed by atoms with E-state index < -0.39 is 10.8 Å². The van der Waals surface area contributed by atoms with E-state index in [0.717, 1.165) is 32.9 Å². The largest absolute Gasteiger partial charge is 0.384 e. The van der Waals surface area contributed by atoms with Crippen molar-refractivity contribution in [2.24, 2.45) is 11.1 Å². The first-order valence-corrected chi connectivity index (χ1v) is 14.9. The van der Waals surface area contributed by atoms with Crippen LogP contribution in [0.4, 0.5) is 11.4 Å². The Morgan fingerprint density at radius 2 is 1.76 bits per heavy atom. The SMILES string of the molecule is Cc1ccc(SCc2cc(C3C(C#N)=C(N)N(c4ccccc4[N+](=O)[O-])C4=C3C(=O)CC(C)(C)C4)c(C)cc2C)cc1. The minimum Gasteiger partial charge on any atom is -0.384 e. The van der Waals surface area contributed by atoms with Crippen molar-refractivity contribution in [2.75, 3.05) is 4.90 Å². The van der Waals surface area contributed by atoms with Crippen molar-refractivity contribution in [3.05, 3.63) is 121 Å². The standard InChI is InChI=1S/C34H34N4O3S/c1-20-10-12-24(13-11-20)42-19-23-15-25(22(3)14-21(23)2)31-26(18-35)33(36)37(27-8-6-7-9-28(27)38(40)41)29-16-34(4,5)17-30(39)32(29)31/h6-15,31H,16-17,19,36H2,1-5H3. The minimum absolute atomic E-state index is 0.0642. The van der Waals surface area contributed by atoms with Gasteiger partial charge in [0.05, 0.1) is 22.5 Å². The van der Waals surface area contributed by atoms with Crippen LogP contribution in [0, 0.1) is 47.6 Å². The van der Waals surface area contributed by atoms with Gasteiger partial charge in [-0.25, -0.2) is 0 Å². The number of hydrogen-bond acceptors (Lipinski definition) is 7. The number of benzene rings is 3. The van der Waals surface area contributed by atoms with E-state index in [0.29, 0.717) is 24.1 Å². The lowest BCUT2D eigenvalue weighted by Crippen LogP contribution is -2.42. The third-order valence-electron chi connectivity index (χ3n) is 8.15. The van der Waals surface area contributed by atoms with Gasteiger partial charge in [-0.3, -0.25) is 19.8 Å². The molecule has 0 amide bonds. The molecule has 8 heteroatoms. The van der Waals surface area contributed by atoms with Crippen LogP contribution in [0.3, 0.4) is 0 Å². The fourth-order valence-corrected chi connectivity index (χ4v) is 7.04. The van der Waals surface area contributed by atoms with Gasteiger partial charge in [-0.1, -0.05) is 55.8 Å². The van der Waals surface area contributed by atoms with Gasteiger partial charge in [0, 0.05) is 34.4 Å². The summed E-state index contributed by atoms with van der Waals surface area (Å²) in [5.74, 6) is 0.129. The molecule has 7 nitrogen and oxygen atoms in total. The molecule has 3 aromatic carbocycles. The highest BCUT2D eigenvalue weighted by molar-refractivity contribution is 7.98. The van der Waals surface area contributed by atoms with Crippen molar-refractivity contribution in [1.82, 2.24) is 0 Å². The molecule has 2 N–H and O–H groups in total. The van der Waals surface area contributed by atoms with Gasteiger partial charge in [-0.15, -0.1) is 11.8 Å². The van der Waals surface area contributed by atoms with E-state index >= 15 is 0 Å². The van der Waals surface area contributed by atoms with E-state index in [1.165, 1.54) is 11.6 Å². The fourth-order valence-electron chi connectivity index (χ4n) is 6.08. The molecule has 0 fully saturated rings. The number of nitro groups is 1. The second-order valence-electron chi connectivity index (χ2n) is 12.0. The van der Waals surface area contributed by atoms with Crippen molar-refractivity contribution in [3.8, 4) is 6.07 Å². The Kier molecular flexibility index (Phi) is 7.74. The molecule has 2 aliphatic rings. The molecule has 0 radical (unpaired) electrons. The van der Waals surface area contributed by atoms with Crippen LogP contribution in [0.15, 0.2) is 88.2 Å². The number of aryl methyl sites for hydroxylation is 3. The summed E-state index contributed by atoms with van der Waals surface area (Å²) in [5.41, 5.74) is 13.1. The van der Waals surface area contributed by atoms with Crippen molar-refractivity contribution in [2.45, 2.75) is 64.0 Å². The summed E-state index contributed by atoms with van der Waals surface area (Å²) in [7, 11) is 0. The lowest BCUT2D eigenvalue weighted by atomic mass is 9.68. The normalized spacial score (nSPS) is 18.1. The minimum atomic E-state index is -0.656. The lowest BCUT2D eigenvalue weighted by molar-refractivity contribution is -0.384. The van der Waals surface area contributed by atoms with Crippen LogP contribution in [0.1, 0.15) is 60.4 Å². The third kappa shape index (κ3) is 5.33. The Morgan fingerprint density at radius 1 is 1.07 bits per heavy atom. The summed E-state index contributed by atoms with van der Waals surface area (Å²) in [5, 5.41) is 22.5. The molecule has 0 spiro atoms. The topological polar surface area (TPSA) is 113 Å². The maximum Gasteiger partial charge on any atom is 0.293 e. The molecule has 5 rings (SSSR count). The van der Waals surface area contributed by atoms with Crippen molar-refractivity contribution in [1.29, 1.82) is 5.26 Å². The number of para-hydroxylation sites is 2. The van der Waals surface area contributed by atoms with Gasteiger partial charge in [0.2, 0.25) is 0 Å². The first kappa shape index (κ1) is 29.2.